The quantitative estimate of drug-likeness (QED) is 0.735. The van der Waals surface area contributed by atoms with Crippen LogP contribution in [0.3, 0.4) is 0 Å². The largest absolute Gasteiger partial charge is 0.241 e. The van der Waals surface area contributed by atoms with Crippen molar-refractivity contribution < 1.29 is 8.42 Å². The highest BCUT2D eigenvalue weighted by molar-refractivity contribution is 9.11. The van der Waals surface area contributed by atoms with Gasteiger partial charge in [-0.1, -0.05) is 22.4 Å². The maximum atomic E-state index is 12.3. The molecule has 0 radical (unpaired) electrons. The van der Waals surface area contributed by atoms with Crippen LogP contribution in [0, 0.1) is 5.92 Å². The maximum Gasteiger partial charge on any atom is 0.241 e. The molecule has 2 unspecified atom stereocenters. The van der Waals surface area contributed by atoms with Crippen molar-refractivity contribution in [2.24, 2.45) is 5.92 Å². The van der Waals surface area contributed by atoms with Crippen LogP contribution in [0.15, 0.2) is 32.0 Å². The van der Waals surface area contributed by atoms with Gasteiger partial charge in [0.15, 0.2) is 0 Å². The second-order valence-electron chi connectivity index (χ2n) is 4.63. The van der Waals surface area contributed by atoms with Crippen LogP contribution in [0.25, 0.3) is 0 Å². The average molecular weight is 432 g/mol. The molecule has 1 aromatic carbocycles. The van der Waals surface area contributed by atoms with Gasteiger partial charge in [0.05, 0.1) is 4.90 Å². The maximum absolute atomic E-state index is 12.3. The van der Waals surface area contributed by atoms with Crippen LogP contribution in [0.5, 0.6) is 0 Å². The lowest BCUT2D eigenvalue weighted by molar-refractivity contribution is 0.523. The highest BCUT2D eigenvalue weighted by Gasteiger charge is 2.27. The highest BCUT2D eigenvalue weighted by atomic mass is 79.9. The predicted octanol–water partition coefficient (Wildman–Crippen LogP) is 3.90. The Balaban J connectivity index is 2.12. The van der Waals surface area contributed by atoms with Crippen molar-refractivity contribution in [3.63, 3.8) is 0 Å². The van der Waals surface area contributed by atoms with Crippen molar-refractivity contribution in [1.29, 1.82) is 0 Å². The summed E-state index contributed by atoms with van der Waals surface area (Å²) in [4.78, 5) is 0.242. The van der Waals surface area contributed by atoms with Crippen LogP contribution >= 0.6 is 43.5 Å². The smallest absolute Gasteiger partial charge is 0.211 e. The minimum atomic E-state index is -3.51. The molecule has 1 aliphatic rings. The molecule has 0 saturated heterocycles. The first kappa shape index (κ1) is 15.8. The Morgan fingerprint density at radius 3 is 2.68 bits per heavy atom. The molecular weight excluding hydrogens is 417 g/mol. The first-order chi connectivity index (χ1) is 8.90. The number of nitrogens with one attached hydrogen (secondary N) is 1. The summed E-state index contributed by atoms with van der Waals surface area (Å²) in [6.07, 6.45) is 3.02. The Labute approximate surface area is 135 Å². The van der Waals surface area contributed by atoms with E-state index < -0.39 is 10.0 Å². The average Bonchev–Trinajstić information content (AvgIpc) is 2.75. The molecule has 0 amide bonds. The summed E-state index contributed by atoms with van der Waals surface area (Å²) in [7, 11) is -3.51. The van der Waals surface area contributed by atoms with Crippen LogP contribution in [-0.4, -0.2) is 20.3 Å². The number of hydrogen-bond donors (Lipinski definition) is 1. The number of alkyl halides is 1. The SMILES string of the molecule is O=S(=O)(NCC1CCCC1Cl)c1cc(Br)ccc1Br. The van der Waals surface area contributed by atoms with Crippen LogP contribution < -0.4 is 4.72 Å². The molecule has 0 heterocycles. The number of hydrogen-bond acceptors (Lipinski definition) is 2. The van der Waals surface area contributed by atoms with Gasteiger partial charge >= 0.3 is 0 Å². The van der Waals surface area contributed by atoms with E-state index in [0.29, 0.717) is 11.0 Å². The van der Waals surface area contributed by atoms with E-state index in [1.54, 1.807) is 18.2 Å². The summed E-state index contributed by atoms with van der Waals surface area (Å²) in [6, 6.07) is 5.08. The Morgan fingerprint density at radius 1 is 1.32 bits per heavy atom. The first-order valence-corrected chi connectivity index (χ1v) is 9.49. The topological polar surface area (TPSA) is 46.2 Å². The van der Waals surface area contributed by atoms with E-state index in [4.69, 9.17) is 11.6 Å². The van der Waals surface area contributed by atoms with Crippen LogP contribution in [0.4, 0.5) is 0 Å². The summed E-state index contributed by atoms with van der Waals surface area (Å²) >= 11 is 12.7. The molecule has 7 heteroatoms. The summed E-state index contributed by atoms with van der Waals surface area (Å²) in [5.41, 5.74) is 0. The Bertz CT molecular complexity index is 565. The predicted molar refractivity (Wildman–Crippen MR) is 84.0 cm³/mol. The summed E-state index contributed by atoms with van der Waals surface area (Å²) in [6.45, 7) is 0.398. The van der Waals surface area contributed by atoms with E-state index >= 15 is 0 Å². The highest BCUT2D eigenvalue weighted by Crippen LogP contribution is 2.30. The molecule has 2 atom stereocenters. The van der Waals surface area contributed by atoms with E-state index in [-0.39, 0.29) is 16.2 Å². The summed E-state index contributed by atoms with van der Waals surface area (Å²) < 4.78 is 28.5. The number of halogens is 3. The van der Waals surface area contributed by atoms with E-state index in [1.165, 1.54) is 0 Å². The van der Waals surface area contributed by atoms with Gasteiger partial charge in [0.1, 0.15) is 0 Å². The normalized spacial score (nSPS) is 23.7. The van der Waals surface area contributed by atoms with Gasteiger partial charge in [0, 0.05) is 20.9 Å². The molecule has 1 saturated carbocycles. The van der Waals surface area contributed by atoms with Crippen molar-refractivity contribution in [3.05, 3.63) is 27.1 Å². The zero-order valence-electron chi connectivity index (χ0n) is 10.1. The Morgan fingerprint density at radius 2 is 2.05 bits per heavy atom. The molecular formula is C12H14Br2ClNO2S. The molecule has 1 N–H and O–H groups in total. The second kappa shape index (κ2) is 6.43. The minimum absolute atomic E-state index is 0.0775. The summed E-state index contributed by atoms with van der Waals surface area (Å²) in [5.74, 6) is 0.224. The fourth-order valence-electron chi connectivity index (χ4n) is 2.20. The molecule has 0 aromatic heterocycles. The van der Waals surface area contributed by atoms with Gasteiger partial charge < -0.3 is 0 Å². The van der Waals surface area contributed by atoms with E-state index in [2.05, 4.69) is 36.6 Å². The van der Waals surface area contributed by atoms with Crippen LogP contribution in [0.1, 0.15) is 19.3 Å². The zero-order chi connectivity index (χ0) is 14.0. The summed E-state index contributed by atoms with van der Waals surface area (Å²) in [5, 5.41) is 0.0775. The number of rotatable bonds is 4. The van der Waals surface area contributed by atoms with Crippen molar-refractivity contribution in [2.75, 3.05) is 6.54 Å². The molecule has 19 heavy (non-hydrogen) atoms. The monoisotopic (exact) mass is 429 g/mol. The molecule has 106 valence electrons. The zero-order valence-corrected chi connectivity index (χ0v) is 14.8. The number of sulfonamides is 1. The van der Waals surface area contributed by atoms with Crippen molar-refractivity contribution in [3.8, 4) is 0 Å². The fourth-order valence-corrected chi connectivity index (χ4v) is 5.16. The Hall–Kier alpha value is 0.380. The van der Waals surface area contributed by atoms with Gasteiger partial charge in [-0.2, -0.15) is 0 Å². The molecule has 2 rings (SSSR count). The van der Waals surface area contributed by atoms with Crippen LogP contribution in [-0.2, 0) is 10.0 Å². The molecule has 3 nitrogen and oxygen atoms in total. The Kier molecular flexibility index (Phi) is 5.34. The lowest BCUT2D eigenvalue weighted by Gasteiger charge is -2.15. The standard InChI is InChI=1S/C12H14Br2ClNO2S/c13-9-4-5-10(14)12(6-9)19(17,18)16-7-8-2-1-3-11(8)15/h4-6,8,11,16H,1-3,7H2. The van der Waals surface area contributed by atoms with Crippen molar-refractivity contribution >= 4 is 53.5 Å². The second-order valence-corrected chi connectivity index (χ2v) is 8.70. The van der Waals surface area contributed by atoms with Crippen molar-refractivity contribution in [2.45, 2.75) is 29.5 Å². The first-order valence-electron chi connectivity index (χ1n) is 5.99. The van der Waals surface area contributed by atoms with Crippen molar-refractivity contribution in [1.82, 2.24) is 4.72 Å². The third-order valence-corrected chi connectivity index (χ3v) is 6.77. The fraction of sp³-hybridized carbons (Fsp3) is 0.500. The van der Waals surface area contributed by atoms with E-state index in [9.17, 15) is 8.42 Å². The lowest BCUT2D eigenvalue weighted by atomic mass is 10.1. The molecule has 0 aliphatic heterocycles. The minimum Gasteiger partial charge on any atom is -0.211 e. The van der Waals surface area contributed by atoms with Gasteiger partial charge in [-0.15, -0.1) is 11.6 Å². The van der Waals surface area contributed by atoms with E-state index in [1.807, 2.05) is 0 Å². The third-order valence-electron chi connectivity index (χ3n) is 3.28. The third kappa shape index (κ3) is 3.94. The molecule has 1 fully saturated rings. The van der Waals surface area contributed by atoms with Crippen LogP contribution in [0.2, 0.25) is 0 Å². The van der Waals surface area contributed by atoms with Gasteiger partial charge in [0.25, 0.3) is 0 Å². The van der Waals surface area contributed by atoms with E-state index in [0.717, 1.165) is 23.7 Å². The molecule has 0 bridgehead atoms. The van der Waals surface area contributed by atoms with Gasteiger partial charge in [-0.05, 0) is 52.9 Å². The number of benzene rings is 1. The molecule has 0 spiro atoms. The molecule has 1 aromatic rings. The van der Waals surface area contributed by atoms with Gasteiger partial charge in [-0.25, -0.2) is 13.1 Å². The lowest BCUT2D eigenvalue weighted by Crippen LogP contribution is -2.31. The van der Waals surface area contributed by atoms with Gasteiger partial charge in [-0.3, -0.25) is 0 Å². The molecule has 1 aliphatic carbocycles. The van der Waals surface area contributed by atoms with Gasteiger partial charge in [0.2, 0.25) is 10.0 Å².